The maximum atomic E-state index is 11.8. The maximum Gasteiger partial charge on any atom is 0.308 e. The van der Waals surface area contributed by atoms with Crippen molar-refractivity contribution in [2.24, 2.45) is 0 Å². The molecular weight excluding hydrogens is 334 g/mol. The molecule has 0 spiro atoms. The molecule has 0 aliphatic rings. The van der Waals surface area contributed by atoms with Crippen LogP contribution in [0.1, 0.15) is 24.2 Å². The second-order valence-corrected chi connectivity index (χ2v) is 5.80. The van der Waals surface area contributed by atoms with E-state index in [9.17, 15) is 14.7 Å². The third kappa shape index (κ3) is 3.32. The fraction of sp³-hybridized carbons (Fsp3) is 0.158. The molecule has 2 aromatic heterocycles. The number of esters is 1. The molecule has 3 rings (SSSR count). The van der Waals surface area contributed by atoms with Crippen LogP contribution in [0.2, 0.25) is 0 Å². The third-order valence-electron chi connectivity index (χ3n) is 3.78. The first-order valence-corrected chi connectivity index (χ1v) is 7.91. The molecule has 0 atom stereocenters. The van der Waals surface area contributed by atoms with Gasteiger partial charge >= 0.3 is 5.97 Å². The minimum atomic E-state index is -0.477. The summed E-state index contributed by atoms with van der Waals surface area (Å²) in [5.41, 5.74) is 2.71. The lowest BCUT2D eigenvalue weighted by Crippen LogP contribution is -2.05. The number of hydrogen-bond acceptors (Lipinski definition) is 6. The SMILES string of the molecule is CC(=O)Oc1cc(O)c(-c2nn(C(C)=O)cc2-c2ccccn2)cc1C. The molecule has 1 N–H and O–H groups in total. The molecule has 0 bridgehead atoms. The van der Waals surface area contributed by atoms with E-state index in [1.165, 1.54) is 24.6 Å². The van der Waals surface area contributed by atoms with Crippen molar-refractivity contribution in [3.05, 3.63) is 48.3 Å². The number of ether oxygens (including phenoxy) is 1. The highest BCUT2D eigenvalue weighted by Gasteiger charge is 2.20. The molecule has 26 heavy (non-hydrogen) atoms. The summed E-state index contributed by atoms with van der Waals surface area (Å²) >= 11 is 0. The number of nitrogens with zero attached hydrogens (tertiary/aromatic N) is 3. The summed E-state index contributed by atoms with van der Waals surface area (Å²) in [6.45, 7) is 4.44. The van der Waals surface area contributed by atoms with Gasteiger partial charge in [0.25, 0.3) is 0 Å². The van der Waals surface area contributed by atoms with Crippen LogP contribution in [0.3, 0.4) is 0 Å². The Morgan fingerprint density at radius 3 is 2.54 bits per heavy atom. The average Bonchev–Trinajstić information content (AvgIpc) is 3.03. The van der Waals surface area contributed by atoms with Gasteiger partial charge in [-0.2, -0.15) is 5.10 Å². The molecule has 0 unspecified atom stereocenters. The molecule has 0 fully saturated rings. The van der Waals surface area contributed by atoms with E-state index in [2.05, 4.69) is 10.1 Å². The minimum Gasteiger partial charge on any atom is -0.507 e. The van der Waals surface area contributed by atoms with E-state index in [0.717, 1.165) is 0 Å². The van der Waals surface area contributed by atoms with E-state index in [1.54, 1.807) is 37.5 Å². The number of rotatable bonds is 3. The predicted octanol–water partition coefficient (Wildman–Crippen LogP) is 3.21. The second-order valence-electron chi connectivity index (χ2n) is 5.80. The minimum absolute atomic E-state index is 0.113. The van der Waals surface area contributed by atoms with Crippen LogP contribution < -0.4 is 4.74 Å². The van der Waals surface area contributed by atoms with Crippen molar-refractivity contribution < 1.29 is 19.4 Å². The van der Waals surface area contributed by atoms with Crippen LogP contribution in [0, 0.1) is 6.92 Å². The Hall–Kier alpha value is -3.48. The normalized spacial score (nSPS) is 10.6. The summed E-state index contributed by atoms with van der Waals surface area (Å²) in [6.07, 6.45) is 3.22. The monoisotopic (exact) mass is 351 g/mol. The van der Waals surface area contributed by atoms with Gasteiger partial charge in [0.05, 0.1) is 5.69 Å². The smallest absolute Gasteiger partial charge is 0.308 e. The molecule has 132 valence electrons. The summed E-state index contributed by atoms with van der Waals surface area (Å²) in [5.74, 6) is -0.585. The van der Waals surface area contributed by atoms with Crippen molar-refractivity contribution in [3.8, 4) is 34.0 Å². The van der Waals surface area contributed by atoms with Crippen LogP contribution in [0.4, 0.5) is 0 Å². The Bertz CT molecular complexity index is 994. The molecule has 1 aromatic carbocycles. The number of benzene rings is 1. The van der Waals surface area contributed by atoms with Gasteiger partial charge in [-0.05, 0) is 30.7 Å². The first kappa shape index (κ1) is 17.3. The lowest BCUT2D eigenvalue weighted by atomic mass is 10.0. The molecule has 2 heterocycles. The quantitative estimate of drug-likeness (QED) is 0.575. The average molecular weight is 351 g/mol. The summed E-state index contributed by atoms with van der Waals surface area (Å²) < 4.78 is 6.29. The molecule has 0 radical (unpaired) electrons. The number of phenols is 1. The summed E-state index contributed by atoms with van der Waals surface area (Å²) in [7, 11) is 0. The largest absolute Gasteiger partial charge is 0.507 e. The van der Waals surface area contributed by atoms with E-state index in [0.29, 0.717) is 28.1 Å². The van der Waals surface area contributed by atoms with Crippen LogP contribution in [0.5, 0.6) is 11.5 Å². The van der Waals surface area contributed by atoms with Gasteiger partial charge in [-0.1, -0.05) is 6.07 Å². The van der Waals surface area contributed by atoms with Gasteiger partial charge in [-0.15, -0.1) is 0 Å². The Morgan fingerprint density at radius 1 is 1.15 bits per heavy atom. The molecule has 0 aliphatic heterocycles. The van der Waals surface area contributed by atoms with Crippen molar-refractivity contribution in [1.82, 2.24) is 14.8 Å². The molecule has 0 saturated heterocycles. The third-order valence-corrected chi connectivity index (χ3v) is 3.78. The summed E-state index contributed by atoms with van der Waals surface area (Å²) in [6, 6.07) is 8.43. The number of aryl methyl sites for hydroxylation is 1. The van der Waals surface area contributed by atoms with Crippen molar-refractivity contribution in [2.75, 3.05) is 0 Å². The highest BCUT2D eigenvalue weighted by molar-refractivity contribution is 5.86. The highest BCUT2D eigenvalue weighted by atomic mass is 16.5. The van der Waals surface area contributed by atoms with Crippen LogP contribution >= 0.6 is 0 Å². The zero-order chi connectivity index (χ0) is 18.8. The first-order valence-electron chi connectivity index (χ1n) is 7.91. The highest BCUT2D eigenvalue weighted by Crippen LogP contribution is 2.38. The van der Waals surface area contributed by atoms with Crippen molar-refractivity contribution in [1.29, 1.82) is 0 Å². The van der Waals surface area contributed by atoms with Gasteiger partial charge in [0.2, 0.25) is 5.91 Å². The van der Waals surface area contributed by atoms with Crippen LogP contribution in [-0.2, 0) is 4.79 Å². The second kappa shape index (κ2) is 6.79. The molecule has 0 aliphatic carbocycles. The molecule has 0 amide bonds. The van der Waals surface area contributed by atoms with Gasteiger partial charge in [0.1, 0.15) is 17.2 Å². The van der Waals surface area contributed by atoms with Crippen molar-refractivity contribution in [2.45, 2.75) is 20.8 Å². The molecule has 3 aromatic rings. The van der Waals surface area contributed by atoms with Gasteiger partial charge < -0.3 is 9.84 Å². The lowest BCUT2D eigenvalue weighted by molar-refractivity contribution is -0.131. The van der Waals surface area contributed by atoms with Gasteiger partial charge in [0, 0.05) is 43.4 Å². The van der Waals surface area contributed by atoms with Gasteiger partial charge in [-0.25, -0.2) is 4.68 Å². The predicted molar refractivity (Wildman–Crippen MR) is 94.9 cm³/mol. The molecule has 7 nitrogen and oxygen atoms in total. The Balaban J connectivity index is 2.19. The van der Waals surface area contributed by atoms with Crippen LogP contribution in [-0.4, -0.2) is 31.7 Å². The standard InChI is InChI=1S/C19H17N3O4/c1-11-8-14(17(25)9-18(11)26-13(3)24)19-15(10-22(21-19)12(2)23)16-6-4-5-7-20-16/h4-10,25H,1-3H3. The van der Waals surface area contributed by atoms with Crippen molar-refractivity contribution in [3.63, 3.8) is 0 Å². The van der Waals surface area contributed by atoms with E-state index >= 15 is 0 Å². The summed E-state index contributed by atoms with van der Waals surface area (Å²) in [4.78, 5) is 27.2. The zero-order valence-electron chi connectivity index (χ0n) is 14.6. The Kier molecular flexibility index (Phi) is 4.53. The van der Waals surface area contributed by atoms with Crippen LogP contribution in [0.15, 0.2) is 42.7 Å². The topological polar surface area (TPSA) is 94.3 Å². The molecule has 0 saturated carbocycles. The fourth-order valence-electron chi connectivity index (χ4n) is 2.58. The summed E-state index contributed by atoms with van der Waals surface area (Å²) in [5, 5.41) is 14.8. The number of phenolic OH excluding ortho intramolecular Hbond substituents is 1. The molecule has 7 heteroatoms. The lowest BCUT2D eigenvalue weighted by Gasteiger charge is -2.10. The van der Waals surface area contributed by atoms with Gasteiger partial charge in [0.15, 0.2) is 0 Å². The number of carbonyl (C=O) groups excluding carboxylic acids is 2. The number of carbonyl (C=O) groups is 2. The number of aromatic hydroxyl groups is 1. The number of pyridine rings is 1. The van der Waals surface area contributed by atoms with E-state index in [4.69, 9.17) is 4.74 Å². The van der Waals surface area contributed by atoms with Crippen LogP contribution in [0.25, 0.3) is 22.5 Å². The zero-order valence-corrected chi connectivity index (χ0v) is 14.6. The number of hydrogen-bond donors (Lipinski definition) is 1. The number of aromatic nitrogens is 3. The van der Waals surface area contributed by atoms with E-state index in [1.807, 2.05) is 6.07 Å². The van der Waals surface area contributed by atoms with Crippen molar-refractivity contribution >= 4 is 11.9 Å². The molecular formula is C19H17N3O4. The van der Waals surface area contributed by atoms with Gasteiger partial charge in [-0.3, -0.25) is 14.6 Å². The maximum absolute atomic E-state index is 11.8. The Labute approximate surface area is 149 Å². The fourth-order valence-corrected chi connectivity index (χ4v) is 2.58. The first-order chi connectivity index (χ1) is 12.4. The Morgan fingerprint density at radius 2 is 1.92 bits per heavy atom. The van der Waals surface area contributed by atoms with E-state index in [-0.39, 0.29) is 17.4 Å². The van der Waals surface area contributed by atoms with E-state index < -0.39 is 5.97 Å².